The number of ether oxygens (including phenoxy) is 1. The Morgan fingerprint density at radius 3 is 2.47 bits per heavy atom. The number of amides is 1. The maximum absolute atomic E-state index is 12.7. The van der Waals surface area contributed by atoms with Crippen LogP contribution in [0.4, 0.5) is 5.69 Å². The number of hydrogen-bond acceptors (Lipinski definition) is 6. The van der Waals surface area contributed by atoms with Crippen LogP contribution in [0.2, 0.25) is 0 Å². The van der Waals surface area contributed by atoms with Crippen molar-refractivity contribution in [3.63, 3.8) is 0 Å². The average molecular weight is 435 g/mol. The first-order chi connectivity index (χ1) is 14.0. The van der Waals surface area contributed by atoms with Gasteiger partial charge in [0.15, 0.2) is 6.10 Å². The summed E-state index contributed by atoms with van der Waals surface area (Å²) in [5.41, 5.74) is 2.65. The van der Waals surface area contributed by atoms with Crippen molar-refractivity contribution in [2.75, 3.05) is 5.32 Å². The van der Waals surface area contributed by atoms with Gasteiger partial charge >= 0.3 is 5.97 Å². The van der Waals surface area contributed by atoms with Crippen LogP contribution in [0.15, 0.2) is 23.1 Å². The molecule has 0 aliphatic heterocycles. The van der Waals surface area contributed by atoms with E-state index in [9.17, 15) is 18.0 Å². The summed E-state index contributed by atoms with van der Waals surface area (Å²) in [5.74, 6) is -1.27. The number of esters is 1. The molecule has 3 rings (SSSR count). The molecule has 1 aromatic heterocycles. The summed E-state index contributed by atoms with van der Waals surface area (Å²) in [6, 6.07) is 4.23. The normalized spacial score (nSPS) is 15.0. The van der Waals surface area contributed by atoms with E-state index < -0.39 is 28.0 Å². The van der Waals surface area contributed by atoms with E-state index in [0.29, 0.717) is 16.9 Å². The number of benzene rings is 1. The van der Waals surface area contributed by atoms with E-state index in [1.54, 1.807) is 31.6 Å². The van der Waals surface area contributed by atoms with E-state index in [0.717, 1.165) is 18.5 Å². The molecule has 1 saturated carbocycles. The van der Waals surface area contributed by atoms with Gasteiger partial charge in [0.25, 0.3) is 5.91 Å². The molecule has 0 radical (unpaired) electrons. The Labute approximate surface area is 175 Å². The third-order valence-corrected chi connectivity index (χ3v) is 6.57. The SMILES string of the molecule is Cc1ccc(S(=O)(=O)NC2CC2)cc1C(=O)OC(C)C(=O)Nc1c(C)nn(C)c1C. The molecule has 2 N–H and O–H groups in total. The third kappa shape index (κ3) is 4.71. The minimum Gasteiger partial charge on any atom is -0.449 e. The molecule has 10 heteroatoms. The molecule has 9 nitrogen and oxygen atoms in total. The number of nitrogens with zero attached hydrogens (tertiary/aromatic N) is 2. The smallest absolute Gasteiger partial charge is 0.339 e. The van der Waals surface area contributed by atoms with Crippen molar-refractivity contribution in [2.24, 2.45) is 7.05 Å². The van der Waals surface area contributed by atoms with Gasteiger partial charge in [-0.1, -0.05) is 6.07 Å². The van der Waals surface area contributed by atoms with Gasteiger partial charge in [-0.3, -0.25) is 9.48 Å². The van der Waals surface area contributed by atoms with Crippen molar-refractivity contribution in [2.45, 2.75) is 57.6 Å². The number of sulfonamides is 1. The second-order valence-corrected chi connectivity index (χ2v) is 9.29. The lowest BCUT2D eigenvalue weighted by Gasteiger charge is -2.15. The van der Waals surface area contributed by atoms with Gasteiger partial charge in [-0.05, 0) is 58.2 Å². The van der Waals surface area contributed by atoms with Gasteiger partial charge in [0, 0.05) is 13.1 Å². The first-order valence-electron chi connectivity index (χ1n) is 9.64. The number of anilines is 1. The molecule has 1 amide bonds. The summed E-state index contributed by atoms with van der Waals surface area (Å²) >= 11 is 0. The summed E-state index contributed by atoms with van der Waals surface area (Å²) in [7, 11) is -1.94. The monoisotopic (exact) mass is 434 g/mol. The topological polar surface area (TPSA) is 119 Å². The fourth-order valence-corrected chi connectivity index (χ4v) is 4.26. The molecule has 162 valence electrons. The first-order valence-corrected chi connectivity index (χ1v) is 11.1. The predicted molar refractivity (Wildman–Crippen MR) is 111 cm³/mol. The van der Waals surface area contributed by atoms with Gasteiger partial charge in [0.2, 0.25) is 10.0 Å². The van der Waals surface area contributed by atoms with E-state index in [1.165, 1.54) is 19.1 Å². The Kier molecular flexibility index (Phi) is 6.00. The van der Waals surface area contributed by atoms with Crippen LogP contribution >= 0.6 is 0 Å². The van der Waals surface area contributed by atoms with Crippen molar-refractivity contribution in [1.82, 2.24) is 14.5 Å². The molecule has 30 heavy (non-hydrogen) atoms. The average Bonchev–Trinajstić information content (AvgIpc) is 3.44. The molecule has 1 aliphatic rings. The Bertz CT molecular complexity index is 1100. The van der Waals surface area contributed by atoms with Crippen molar-refractivity contribution < 1.29 is 22.7 Å². The summed E-state index contributed by atoms with van der Waals surface area (Å²) < 4.78 is 34.4. The van der Waals surface area contributed by atoms with E-state index in [1.807, 2.05) is 6.92 Å². The van der Waals surface area contributed by atoms with Gasteiger partial charge in [-0.25, -0.2) is 17.9 Å². The molecule has 1 unspecified atom stereocenters. The number of aromatic nitrogens is 2. The molecule has 0 spiro atoms. The molecule has 1 atom stereocenters. The van der Waals surface area contributed by atoms with E-state index in [4.69, 9.17) is 4.74 Å². The van der Waals surface area contributed by atoms with Crippen LogP contribution < -0.4 is 10.0 Å². The molecule has 1 aromatic carbocycles. The van der Waals surface area contributed by atoms with E-state index in [-0.39, 0.29) is 16.5 Å². The zero-order valence-corrected chi connectivity index (χ0v) is 18.5. The van der Waals surface area contributed by atoms with Gasteiger partial charge in [0.1, 0.15) is 0 Å². The Hall–Kier alpha value is -2.72. The minimum absolute atomic E-state index is 0.00864. The predicted octanol–water partition coefficient (Wildman–Crippen LogP) is 1.97. The van der Waals surface area contributed by atoms with Crippen LogP contribution in [0.5, 0.6) is 0 Å². The Morgan fingerprint density at radius 1 is 1.23 bits per heavy atom. The van der Waals surface area contributed by atoms with Gasteiger partial charge in [-0.2, -0.15) is 5.10 Å². The van der Waals surface area contributed by atoms with Crippen LogP contribution in [0, 0.1) is 20.8 Å². The molecule has 0 saturated heterocycles. The molecule has 1 heterocycles. The molecule has 1 fully saturated rings. The number of nitrogens with one attached hydrogen (secondary N) is 2. The Balaban J connectivity index is 1.73. The second kappa shape index (κ2) is 8.19. The highest BCUT2D eigenvalue weighted by Crippen LogP contribution is 2.24. The number of carbonyl (C=O) groups is 2. The second-order valence-electron chi connectivity index (χ2n) is 7.58. The highest BCUT2D eigenvalue weighted by molar-refractivity contribution is 7.89. The minimum atomic E-state index is -3.71. The quantitative estimate of drug-likeness (QED) is 0.643. The van der Waals surface area contributed by atoms with Crippen LogP contribution in [0.3, 0.4) is 0 Å². The van der Waals surface area contributed by atoms with Gasteiger partial charge < -0.3 is 10.1 Å². The lowest BCUT2D eigenvalue weighted by molar-refractivity contribution is -0.123. The summed E-state index contributed by atoms with van der Waals surface area (Å²) in [6.45, 7) is 6.72. The Morgan fingerprint density at radius 2 is 1.90 bits per heavy atom. The first kappa shape index (κ1) is 22.0. The maximum atomic E-state index is 12.7. The summed E-state index contributed by atoms with van der Waals surface area (Å²) in [6.07, 6.45) is 0.533. The lowest BCUT2D eigenvalue weighted by atomic mass is 10.1. The standard InChI is InChI=1S/C20H26N4O5S/c1-11-6-9-16(30(27,28)23-15-7-8-15)10-17(11)20(26)29-14(4)19(25)21-18-12(2)22-24(5)13(18)3/h6,9-10,14-15,23H,7-8H2,1-5H3,(H,21,25). The zero-order chi connectivity index (χ0) is 22.2. The molecule has 1 aliphatic carbocycles. The van der Waals surface area contributed by atoms with Crippen molar-refractivity contribution in [3.8, 4) is 0 Å². The van der Waals surface area contributed by atoms with Gasteiger partial charge in [0.05, 0.1) is 27.5 Å². The van der Waals surface area contributed by atoms with Crippen molar-refractivity contribution in [3.05, 3.63) is 40.7 Å². The van der Waals surface area contributed by atoms with Crippen molar-refractivity contribution >= 4 is 27.6 Å². The maximum Gasteiger partial charge on any atom is 0.339 e. The highest BCUT2D eigenvalue weighted by atomic mass is 32.2. The third-order valence-electron chi connectivity index (χ3n) is 5.05. The van der Waals surface area contributed by atoms with Crippen LogP contribution in [0.1, 0.15) is 47.1 Å². The summed E-state index contributed by atoms with van der Waals surface area (Å²) in [5, 5.41) is 6.96. The number of carbonyl (C=O) groups excluding carboxylic acids is 2. The highest BCUT2D eigenvalue weighted by Gasteiger charge is 2.29. The largest absolute Gasteiger partial charge is 0.449 e. The van der Waals surface area contributed by atoms with Crippen molar-refractivity contribution in [1.29, 1.82) is 0 Å². The fourth-order valence-electron chi connectivity index (χ4n) is 2.93. The number of rotatable bonds is 7. The van der Waals surface area contributed by atoms with Crippen LogP contribution in [-0.4, -0.2) is 42.2 Å². The molecular weight excluding hydrogens is 408 g/mol. The molecule has 0 bridgehead atoms. The molecule has 2 aromatic rings. The fraction of sp³-hybridized carbons (Fsp3) is 0.450. The summed E-state index contributed by atoms with van der Waals surface area (Å²) in [4.78, 5) is 25.1. The van der Waals surface area contributed by atoms with E-state index >= 15 is 0 Å². The number of hydrogen-bond donors (Lipinski definition) is 2. The van der Waals surface area contributed by atoms with Gasteiger partial charge in [-0.15, -0.1) is 0 Å². The molecular formula is C20H26N4O5S. The number of aryl methyl sites for hydroxylation is 3. The van der Waals surface area contributed by atoms with Crippen LogP contribution in [0.25, 0.3) is 0 Å². The lowest BCUT2D eigenvalue weighted by Crippen LogP contribution is -2.31. The van der Waals surface area contributed by atoms with E-state index in [2.05, 4.69) is 15.1 Å². The zero-order valence-electron chi connectivity index (χ0n) is 17.6. The van der Waals surface area contributed by atoms with Crippen LogP contribution in [-0.2, 0) is 26.6 Å².